The van der Waals surface area contributed by atoms with Crippen LogP contribution in [0.1, 0.15) is 25.3 Å². The zero-order chi connectivity index (χ0) is 28.8. The lowest BCUT2D eigenvalue weighted by Gasteiger charge is -2.22. The summed E-state index contributed by atoms with van der Waals surface area (Å²) < 4.78 is 84.5. The van der Waals surface area contributed by atoms with Gasteiger partial charge in [0.25, 0.3) is 0 Å². The Balaban J connectivity index is 1.92. The Hall–Kier alpha value is -3.45. The second-order valence-electron chi connectivity index (χ2n) is 8.24. The van der Waals surface area contributed by atoms with Crippen LogP contribution in [-0.4, -0.2) is 73.9 Å². The van der Waals surface area contributed by atoms with Gasteiger partial charge in [0, 0.05) is 38.7 Å². The molecule has 0 heterocycles. The molecule has 8 nitrogen and oxygen atoms in total. The highest BCUT2D eigenvalue weighted by atomic mass is 19.4. The van der Waals surface area contributed by atoms with Crippen molar-refractivity contribution < 1.29 is 55.6 Å². The minimum Gasteiger partial charge on any atom is -0.492 e. The SMILES string of the molecule is CCOC(Cc1ccc(OCCN(CCOCCCC(F)(F)F)C(=O)Oc2ccc(F)c(F)c2)cc1)C(=O)O. The number of nitrogens with zero attached hydrogens (tertiary/aromatic N) is 1. The largest absolute Gasteiger partial charge is 0.492 e. The summed E-state index contributed by atoms with van der Waals surface area (Å²) in [6.45, 7) is 1.59. The number of benzene rings is 2. The fourth-order valence-corrected chi connectivity index (χ4v) is 3.28. The maximum atomic E-state index is 13.5. The third kappa shape index (κ3) is 12.3. The number of ether oxygens (including phenoxy) is 4. The summed E-state index contributed by atoms with van der Waals surface area (Å²) in [5.41, 5.74) is 0.711. The summed E-state index contributed by atoms with van der Waals surface area (Å²) in [6, 6.07) is 9.16. The molecule has 0 bridgehead atoms. The molecule has 1 amide bonds. The molecule has 2 aromatic rings. The summed E-state index contributed by atoms with van der Waals surface area (Å²) in [6.07, 6.45) is -7.26. The Labute approximate surface area is 222 Å². The van der Waals surface area contributed by atoms with E-state index < -0.39 is 42.4 Å². The van der Waals surface area contributed by atoms with Gasteiger partial charge in [-0.2, -0.15) is 13.2 Å². The average Bonchev–Trinajstić information content (AvgIpc) is 2.87. The van der Waals surface area contributed by atoms with Crippen LogP contribution in [0.3, 0.4) is 0 Å². The number of aliphatic carboxylic acids is 1. The van der Waals surface area contributed by atoms with E-state index in [-0.39, 0.29) is 58.1 Å². The van der Waals surface area contributed by atoms with E-state index in [2.05, 4.69) is 0 Å². The minimum absolute atomic E-state index is 0.0169. The first-order valence-corrected chi connectivity index (χ1v) is 12.1. The van der Waals surface area contributed by atoms with Crippen LogP contribution in [0, 0.1) is 11.6 Å². The molecule has 0 aliphatic rings. The van der Waals surface area contributed by atoms with Crippen LogP contribution in [0.15, 0.2) is 42.5 Å². The van der Waals surface area contributed by atoms with E-state index in [1.165, 1.54) is 0 Å². The van der Waals surface area contributed by atoms with Gasteiger partial charge in [-0.15, -0.1) is 0 Å². The Kier molecular flexibility index (Phi) is 12.9. The van der Waals surface area contributed by atoms with Crippen LogP contribution < -0.4 is 9.47 Å². The molecule has 1 unspecified atom stereocenters. The third-order valence-electron chi connectivity index (χ3n) is 5.23. The van der Waals surface area contributed by atoms with Crippen LogP contribution in [0.25, 0.3) is 0 Å². The number of alkyl halides is 3. The molecule has 0 aliphatic carbocycles. The molecule has 1 N–H and O–H groups in total. The first-order valence-electron chi connectivity index (χ1n) is 12.1. The van der Waals surface area contributed by atoms with Crippen molar-refractivity contribution in [3.8, 4) is 11.5 Å². The van der Waals surface area contributed by atoms with Crippen molar-refractivity contribution >= 4 is 12.1 Å². The van der Waals surface area contributed by atoms with E-state index in [1.54, 1.807) is 31.2 Å². The Morgan fingerprint density at radius 3 is 2.23 bits per heavy atom. The molecule has 0 spiro atoms. The highest BCUT2D eigenvalue weighted by Gasteiger charge is 2.26. The van der Waals surface area contributed by atoms with Crippen LogP contribution >= 0.6 is 0 Å². The van der Waals surface area contributed by atoms with Crippen molar-refractivity contribution in [2.45, 2.75) is 38.5 Å². The normalized spacial score (nSPS) is 12.2. The highest BCUT2D eigenvalue weighted by molar-refractivity contribution is 5.72. The summed E-state index contributed by atoms with van der Waals surface area (Å²) >= 11 is 0. The standard InChI is InChI=1S/C26H30F5NO7/c1-2-37-23(24(33)34)16-18-4-6-19(7-5-18)38-15-12-32(11-14-36-13-3-10-26(29,30)31)25(35)39-20-8-9-21(27)22(28)17-20/h4-9,17,23H,2-3,10-16H2,1H3,(H,33,34). The van der Waals surface area contributed by atoms with Gasteiger partial charge in [0.1, 0.15) is 18.1 Å². The molecular weight excluding hydrogens is 533 g/mol. The van der Waals surface area contributed by atoms with Gasteiger partial charge in [-0.05, 0) is 43.2 Å². The second-order valence-corrected chi connectivity index (χ2v) is 8.24. The predicted molar refractivity (Wildman–Crippen MR) is 129 cm³/mol. The molecule has 0 aromatic heterocycles. The van der Waals surface area contributed by atoms with E-state index in [0.717, 1.165) is 17.0 Å². The van der Waals surface area contributed by atoms with Gasteiger partial charge < -0.3 is 29.0 Å². The average molecular weight is 564 g/mol. The van der Waals surface area contributed by atoms with Gasteiger partial charge in [0.05, 0.1) is 13.2 Å². The second kappa shape index (κ2) is 15.8. The van der Waals surface area contributed by atoms with E-state index >= 15 is 0 Å². The van der Waals surface area contributed by atoms with E-state index in [4.69, 9.17) is 18.9 Å². The highest BCUT2D eigenvalue weighted by Crippen LogP contribution is 2.21. The zero-order valence-electron chi connectivity index (χ0n) is 21.2. The smallest absolute Gasteiger partial charge is 0.415 e. The van der Waals surface area contributed by atoms with E-state index in [1.807, 2.05) is 0 Å². The third-order valence-corrected chi connectivity index (χ3v) is 5.23. The summed E-state index contributed by atoms with van der Waals surface area (Å²) in [5.74, 6) is -3.20. The quantitative estimate of drug-likeness (QED) is 0.221. The Morgan fingerprint density at radius 1 is 0.949 bits per heavy atom. The molecule has 0 aliphatic heterocycles. The Bertz CT molecular complexity index is 1050. The molecule has 2 rings (SSSR count). The van der Waals surface area contributed by atoms with Gasteiger partial charge in [-0.25, -0.2) is 18.4 Å². The lowest BCUT2D eigenvalue weighted by atomic mass is 10.1. The van der Waals surface area contributed by atoms with Gasteiger partial charge in [-0.3, -0.25) is 0 Å². The fourth-order valence-electron chi connectivity index (χ4n) is 3.28. The number of hydrogen-bond acceptors (Lipinski definition) is 6. The van der Waals surface area contributed by atoms with E-state index in [9.17, 15) is 36.6 Å². The molecule has 1 atom stereocenters. The van der Waals surface area contributed by atoms with E-state index in [0.29, 0.717) is 17.4 Å². The number of carboxylic acids is 1. The first-order chi connectivity index (χ1) is 18.5. The van der Waals surface area contributed by atoms with Gasteiger partial charge >= 0.3 is 18.2 Å². The molecule has 0 saturated heterocycles. The van der Waals surface area contributed by atoms with Crippen molar-refractivity contribution in [1.29, 1.82) is 0 Å². The van der Waals surface area contributed by atoms with Crippen molar-refractivity contribution in [3.05, 3.63) is 59.7 Å². The summed E-state index contributed by atoms with van der Waals surface area (Å²) in [4.78, 5) is 25.0. The fraction of sp³-hybridized carbons (Fsp3) is 0.462. The van der Waals surface area contributed by atoms with Crippen LogP contribution in [0.4, 0.5) is 26.7 Å². The van der Waals surface area contributed by atoms with Gasteiger partial charge in [0.15, 0.2) is 17.7 Å². The van der Waals surface area contributed by atoms with Crippen molar-refractivity contribution in [2.75, 3.05) is 39.5 Å². The molecule has 39 heavy (non-hydrogen) atoms. The number of rotatable bonds is 16. The number of carboxylic acid groups (broad SMARTS) is 1. The first kappa shape index (κ1) is 31.8. The zero-order valence-corrected chi connectivity index (χ0v) is 21.2. The number of carbonyl (C=O) groups is 2. The number of amides is 1. The number of halogens is 5. The molecular formula is C26H30F5NO7. The van der Waals surface area contributed by atoms with Crippen molar-refractivity contribution in [1.82, 2.24) is 4.90 Å². The Morgan fingerprint density at radius 2 is 1.62 bits per heavy atom. The summed E-state index contributed by atoms with van der Waals surface area (Å²) in [5, 5.41) is 9.21. The van der Waals surface area contributed by atoms with Crippen molar-refractivity contribution in [2.24, 2.45) is 0 Å². The molecule has 0 fully saturated rings. The van der Waals surface area contributed by atoms with Gasteiger partial charge in [-0.1, -0.05) is 12.1 Å². The summed E-state index contributed by atoms with van der Waals surface area (Å²) in [7, 11) is 0. The lowest BCUT2D eigenvalue weighted by molar-refractivity contribution is -0.150. The molecule has 0 saturated carbocycles. The maximum absolute atomic E-state index is 13.5. The topological polar surface area (TPSA) is 94.5 Å². The molecule has 13 heteroatoms. The molecule has 0 radical (unpaired) electrons. The number of hydrogen-bond donors (Lipinski definition) is 1. The predicted octanol–water partition coefficient (Wildman–Crippen LogP) is 5.24. The minimum atomic E-state index is -4.29. The molecule has 2 aromatic carbocycles. The van der Waals surface area contributed by atoms with Crippen LogP contribution in [0.2, 0.25) is 0 Å². The van der Waals surface area contributed by atoms with Crippen LogP contribution in [-0.2, 0) is 20.7 Å². The maximum Gasteiger partial charge on any atom is 0.415 e. The van der Waals surface area contributed by atoms with Crippen molar-refractivity contribution in [3.63, 3.8) is 0 Å². The van der Waals surface area contributed by atoms with Crippen LogP contribution in [0.5, 0.6) is 11.5 Å². The lowest BCUT2D eigenvalue weighted by Crippen LogP contribution is -2.39. The monoisotopic (exact) mass is 563 g/mol. The molecule has 216 valence electrons. The van der Waals surface area contributed by atoms with Gasteiger partial charge in [0.2, 0.25) is 0 Å². The number of carbonyl (C=O) groups excluding carboxylic acids is 1.